The van der Waals surface area contributed by atoms with E-state index in [1.165, 1.54) is 22.4 Å². The van der Waals surface area contributed by atoms with Gasteiger partial charge in [0.05, 0.1) is 5.69 Å². The summed E-state index contributed by atoms with van der Waals surface area (Å²) in [7, 11) is 0. The minimum Gasteiger partial charge on any atom is -0.380 e. The number of rotatable bonds is 3. The number of fused-ring (bicyclic) bond motifs is 2. The smallest absolute Gasteiger partial charge is 0.136 e. The Kier molecular flexibility index (Phi) is 2.78. The highest BCUT2D eigenvalue weighted by Gasteiger charge is 2.07. The number of pyridine rings is 1. The summed E-state index contributed by atoms with van der Waals surface area (Å²) in [4.78, 5) is 4.31. The quantitative estimate of drug-likeness (QED) is 0.787. The van der Waals surface area contributed by atoms with Crippen LogP contribution in [0.4, 0.5) is 5.69 Å². The number of nitrogens with zero attached hydrogens (tertiary/aromatic N) is 2. The van der Waals surface area contributed by atoms with Gasteiger partial charge in [-0.1, -0.05) is 24.3 Å². The van der Waals surface area contributed by atoms with Gasteiger partial charge < -0.3 is 9.72 Å². The maximum atomic E-state index is 4.31. The lowest BCUT2D eigenvalue weighted by atomic mass is 10.1. The third-order valence-corrected chi connectivity index (χ3v) is 4.15. The Labute approximate surface area is 124 Å². The number of benzene rings is 1. The first-order valence-corrected chi connectivity index (χ1v) is 7.26. The predicted molar refractivity (Wildman–Crippen MR) is 86.4 cm³/mol. The van der Waals surface area contributed by atoms with E-state index in [1.807, 2.05) is 18.5 Å². The van der Waals surface area contributed by atoms with Gasteiger partial charge in [0.15, 0.2) is 0 Å². The summed E-state index contributed by atoms with van der Waals surface area (Å²) in [6.07, 6.45) is 9.33. The molecule has 0 saturated heterocycles. The number of aryl methyl sites for hydroxylation is 1. The minimum atomic E-state index is 0.835. The van der Waals surface area contributed by atoms with Crippen molar-refractivity contribution in [1.82, 2.24) is 9.38 Å². The van der Waals surface area contributed by atoms with Crippen LogP contribution in [-0.4, -0.2) is 9.38 Å². The van der Waals surface area contributed by atoms with Crippen LogP contribution in [-0.2, 0) is 13.0 Å². The molecule has 0 bridgehead atoms. The van der Waals surface area contributed by atoms with Crippen molar-refractivity contribution < 1.29 is 0 Å². The van der Waals surface area contributed by atoms with Crippen molar-refractivity contribution in [1.29, 1.82) is 0 Å². The van der Waals surface area contributed by atoms with Crippen LogP contribution in [0, 0.1) is 6.92 Å². The van der Waals surface area contributed by atoms with E-state index >= 15 is 0 Å². The summed E-state index contributed by atoms with van der Waals surface area (Å²) in [5, 5.41) is 3.53. The molecule has 21 heavy (non-hydrogen) atoms. The summed E-state index contributed by atoms with van der Waals surface area (Å²) in [5.74, 6) is 0. The number of hydrogen-bond acceptors (Lipinski definition) is 2. The molecule has 1 N–H and O–H groups in total. The molecule has 4 rings (SSSR count). The van der Waals surface area contributed by atoms with E-state index in [0.717, 1.165) is 24.3 Å². The maximum Gasteiger partial charge on any atom is 0.136 e. The van der Waals surface area contributed by atoms with Gasteiger partial charge in [-0.2, -0.15) is 0 Å². The van der Waals surface area contributed by atoms with E-state index in [9.17, 15) is 0 Å². The monoisotopic (exact) mass is 275 g/mol. The van der Waals surface area contributed by atoms with Gasteiger partial charge in [0.25, 0.3) is 0 Å². The molecule has 2 aromatic heterocycles. The second-order valence-electron chi connectivity index (χ2n) is 5.48. The van der Waals surface area contributed by atoms with Crippen molar-refractivity contribution in [3.63, 3.8) is 0 Å². The number of anilines is 1. The van der Waals surface area contributed by atoms with Gasteiger partial charge in [-0.3, -0.25) is 0 Å². The van der Waals surface area contributed by atoms with Crippen molar-refractivity contribution >= 4 is 17.4 Å². The number of nitrogens with one attached hydrogen (secondary N) is 1. The average Bonchev–Trinajstić information content (AvgIpc) is 3.15. The van der Waals surface area contributed by atoms with Gasteiger partial charge in [-0.25, -0.2) is 4.98 Å². The van der Waals surface area contributed by atoms with E-state index in [1.54, 1.807) is 0 Å². The van der Waals surface area contributed by atoms with Crippen LogP contribution in [0.3, 0.4) is 0 Å². The second kappa shape index (κ2) is 4.77. The molecular weight excluding hydrogens is 258 g/mol. The van der Waals surface area contributed by atoms with Gasteiger partial charge in [0.1, 0.15) is 5.65 Å². The molecule has 0 aliphatic heterocycles. The van der Waals surface area contributed by atoms with Crippen LogP contribution in [0.5, 0.6) is 0 Å². The van der Waals surface area contributed by atoms with E-state index in [0.29, 0.717) is 0 Å². The molecule has 3 nitrogen and oxygen atoms in total. The first-order valence-electron chi connectivity index (χ1n) is 7.26. The van der Waals surface area contributed by atoms with Crippen molar-refractivity contribution in [2.24, 2.45) is 0 Å². The van der Waals surface area contributed by atoms with Crippen molar-refractivity contribution in [2.45, 2.75) is 19.9 Å². The molecule has 0 saturated carbocycles. The number of imidazole rings is 1. The Morgan fingerprint density at radius 3 is 3.14 bits per heavy atom. The summed E-state index contributed by atoms with van der Waals surface area (Å²) < 4.78 is 2.10. The number of aromatic nitrogens is 2. The highest BCUT2D eigenvalue weighted by molar-refractivity contribution is 5.61. The zero-order chi connectivity index (χ0) is 14.2. The van der Waals surface area contributed by atoms with Crippen molar-refractivity contribution in [2.75, 3.05) is 5.32 Å². The Hall–Kier alpha value is -2.55. The van der Waals surface area contributed by atoms with Gasteiger partial charge in [0.2, 0.25) is 0 Å². The maximum absolute atomic E-state index is 4.31. The fourth-order valence-corrected chi connectivity index (χ4v) is 2.92. The molecule has 1 aliphatic rings. The van der Waals surface area contributed by atoms with Crippen molar-refractivity contribution in [3.8, 4) is 0 Å². The highest BCUT2D eigenvalue weighted by atomic mass is 15.0. The average molecular weight is 275 g/mol. The Bertz CT molecular complexity index is 843. The second-order valence-corrected chi connectivity index (χ2v) is 5.48. The SMILES string of the molecule is Cc1c(NCc2ccc3c(c2)C=CC3)ccc2nccn12. The minimum absolute atomic E-state index is 0.835. The molecule has 0 fully saturated rings. The lowest BCUT2D eigenvalue weighted by molar-refractivity contribution is 1.06. The molecule has 0 radical (unpaired) electrons. The van der Waals surface area contributed by atoms with E-state index in [-0.39, 0.29) is 0 Å². The fraction of sp³-hybridized carbons (Fsp3) is 0.167. The third kappa shape index (κ3) is 2.11. The molecule has 3 heteroatoms. The molecule has 0 atom stereocenters. The van der Waals surface area contributed by atoms with Gasteiger partial charge in [-0.15, -0.1) is 0 Å². The van der Waals surface area contributed by atoms with Crippen LogP contribution in [0.2, 0.25) is 0 Å². The first kappa shape index (κ1) is 12.2. The predicted octanol–water partition coefficient (Wildman–Crippen LogP) is 3.82. The topological polar surface area (TPSA) is 29.3 Å². The normalized spacial score (nSPS) is 12.8. The molecule has 2 heterocycles. The molecule has 104 valence electrons. The van der Waals surface area contributed by atoms with Crippen molar-refractivity contribution in [3.05, 3.63) is 71.2 Å². The van der Waals surface area contributed by atoms with Crippen LogP contribution >= 0.6 is 0 Å². The molecule has 0 unspecified atom stereocenters. The van der Waals surface area contributed by atoms with E-state index in [4.69, 9.17) is 0 Å². The van der Waals surface area contributed by atoms with Crippen LogP contribution in [0.15, 0.2) is 48.8 Å². The van der Waals surface area contributed by atoms with Gasteiger partial charge >= 0.3 is 0 Å². The third-order valence-electron chi connectivity index (χ3n) is 4.15. The summed E-state index contributed by atoms with van der Waals surface area (Å²) >= 11 is 0. The van der Waals surface area contributed by atoms with Crippen LogP contribution in [0.25, 0.3) is 11.7 Å². The Morgan fingerprint density at radius 1 is 1.24 bits per heavy atom. The molecule has 3 aromatic rings. The lowest BCUT2D eigenvalue weighted by Crippen LogP contribution is -2.04. The number of hydrogen-bond donors (Lipinski definition) is 1. The fourth-order valence-electron chi connectivity index (χ4n) is 2.92. The summed E-state index contributed by atoms with van der Waals surface area (Å²) in [6.45, 7) is 2.95. The van der Waals surface area contributed by atoms with Crippen LogP contribution in [0.1, 0.15) is 22.4 Å². The zero-order valence-electron chi connectivity index (χ0n) is 12.0. The zero-order valence-corrected chi connectivity index (χ0v) is 12.0. The summed E-state index contributed by atoms with van der Waals surface area (Å²) in [6, 6.07) is 10.9. The lowest BCUT2D eigenvalue weighted by Gasteiger charge is -2.12. The molecule has 1 aliphatic carbocycles. The van der Waals surface area contributed by atoms with Crippen LogP contribution < -0.4 is 5.32 Å². The largest absolute Gasteiger partial charge is 0.380 e. The Morgan fingerprint density at radius 2 is 2.19 bits per heavy atom. The molecule has 0 amide bonds. The van der Waals surface area contributed by atoms with Gasteiger partial charge in [-0.05, 0) is 48.2 Å². The standard InChI is InChI=1S/C18H17N3/c1-13-17(7-8-18-19-9-10-21(13)18)20-12-14-5-6-15-3-2-4-16(15)11-14/h2,4-11,20H,3,12H2,1H3. The Balaban J connectivity index is 1.58. The molecule has 0 spiro atoms. The highest BCUT2D eigenvalue weighted by Crippen LogP contribution is 2.22. The first-order chi connectivity index (χ1) is 10.3. The van der Waals surface area contributed by atoms with E-state index in [2.05, 4.69) is 58.0 Å². The van der Waals surface area contributed by atoms with E-state index < -0.39 is 0 Å². The van der Waals surface area contributed by atoms with Gasteiger partial charge in [0, 0.05) is 24.6 Å². The molecular formula is C18H17N3. The number of allylic oxidation sites excluding steroid dienone is 1. The summed E-state index contributed by atoms with van der Waals surface area (Å²) in [5.41, 5.74) is 7.42. The molecule has 1 aromatic carbocycles.